The van der Waals surface area contributed by atoms with E-state index in [2.05, 4.69) is 47.7 Å². The van der Waals surface area contributed by atoms with Gasteiger partial charge in [-0.15, -0.1) is 11.3 Å². The Morgan fingerprint density at radius 2 is 2.14 bits per heavy atom. The Morgan fingerprint density at radius 3 is 2.86 bits per heavy atom. The van der Waals surface area contributed by atoms with Crippen molar-refractivity contribution in [2.24, 2.45) is 0 Å². The topological polar surface area (TPSA) is 63.2 Å². The van der Waals surface area contributed by atoms with Gasteiger partial charge in [0.15, 0.2) is 5.13 Å². The molecular formula is C16H21N3O2S. The highest BCUT2D eigenvalue weighted by molar-refractivity contribution is 7.14. The van der Waals surface area contributed by atoms with Crippen LogP contribution < -0.4 is 10.6 Å². The Bertz CT molecular complexity index is 640. The highest BCUT2D eigenvalue weighted by Crippen LogP contribution is 2.26. The maximum atomic E-state index is 11.8. The predicted molar refractivity (Wildman–Crippen MR) is 90.4 cm³/mol. The molecule has 0 saturated carbocycles. The number of carbonyl (C=O) groups is 1. The fourth-order valence-corrected chi connectivity index (χ4v) is 2.64. The van der Waals surface area contributed by atoms with Gasteiger partial charge in [-0.2, -0.15) is 0 Å². The first-order valence-electron chi connectivity index (χ1n) is 7.13. The summed E-state index contributed by atoms with van der Waals surface area (Å²) in [5.74, 6) is -0.0999. The number of thiazole rings is 1. The number of amides is 1. The van der Waals surface area contributed by atoms with Gasteiger partial charge in [-0.3, -0.25) is 4.79 Å². The molecule has 0 saturated heterocycles. The molecule has 1 heterocycles. The Balaban J connectivity index is 1.93. The quantitative estimate of drug-likeness (QED) is 0.770. The van der Waals surface area contributed by atoms with Gasteiger partial charge < -0.3 is 15.4 Å². The summed E-state index contributed by atoms with van der Waals surface area (Å²) in [4.78, 5) is 16.2. The van der Waals surface area contributed by atoms with Crippen molar-refractivity contribution in [2.45, 2.75) is 13.8 Å². The highest BCUT2D eigenvalue weighted by Gasteiger charge is 2.08. The lowest BCUT2D eigenvalue weighted by atomic mass is 10.1. The second kappa shape index (κ2) is 8.03. The fraction of sp³-hybridized carbons (Fsp3) is 0.375. The Labute approximate surface area is 134 Å². The number of rotatable bonds is 7. The Morgan fingerprint density at radius 1 is 1.32 bits per heavy atom. The van der Waals surface area contributed by atoms with Gasteiger partial charge in [0, 0.05) is 24.6 Å². The van der Waals surface area contributed by atoms with Crippen LogP contribution in [-0.2, 0) is 9.53 Å². The van der Waals surface area contributed by atoms with Crippen LogP contribution in [0.15, 0.2) is 23.6 Å². The third kappa shape index (κ3) is 4.62. The van der Waals surface area contributed by atoms with Crippen molar-refractivity contribution in [2.75, 3.05) is 32.1 Å². The number of aryl methyl sites for hydroxylation is 2. The van der Waals surface area contributed by atoms with Crippen LogP contribution in [0.3, 0.4) is 0 Å². The molecule has 1 aromatic carbocycles. The first-order valence-corrected chi connectivity index (χ1v) is 8.01. The van der Waals surface area contributed by atoms with E-state index in [1.807, 2.05) is 5.38 Å². The summed E-state index contributed by atoms with van der Waals surface area (Å²) in [5, 5.41) is 8.37. The lowest BCUT2D eigenvalue weighted by Gasteiger charge is -2.04. The first kappa shape index (κ1) is 16.6. The van der Waals surface area contributed by atoms with E-state index >= 15 is 0 Å². The van der Waals surface area contributed by atoms with Gasteiger partial charge in [0.05, 0.1) is 18.8 Å². The Kier molecular flexibility index (Phi) is 6.06. The van der Waals surface area contributed by atoms with E-state index < -0.39 is 0 Å². The van der Waals surface area contributed by atoms with Crippen molar-refractivity contribution >= 4 is 22.4 Å². The van der Waals surface area contributed by atoms with Gasteiger partial charge in [0.25, 0.3) is 0 Å². The third-order valence-corrected chi connectivity index (χ3v) is 4.08. The number of hydrogen-bond acceptors (Lipinski definition) is 5. The number of benzene rings is 1. The Hall–Kier alpha value is -1.76. The molecule has 1 aromatic heterocycles. The number of hydrogen-bond donors (Lipinski definition) is 2. The number of anilines is 1. The molecule has 22 heavy (non-hydrogen) atoms. The molecule has 2 N–H and O–H groups in total. The standard InChI is InChI=1S/C16H21N3O2S/c1-11-4-5-13(8-12(11)2)14-10-22-16(18-14)19-15(20)9-17-6-7-21-3/h4-5,8,10,17H,6-7,9H2,1-3H3,(H,18,19,20). The smallest absolute Gasteiger partial charge is 0.240 e. The van der Waals surface area contributed by atoms with Crippen molar-refractivity contribution < 1.29 is 9.53 Å². The molecule has 0 aliphatic carbocycles. The van der Waals surface area contributed by atoms with Crippen LogP contribution in [0, 0.1) is 13.8 Å². The van der Waals surface area contributed by atoms with E-state index in [0.29, 0.717) is 18.3 Å². The van der Waals surface area contributed by atoms with Crippen molar-refractivity contribution in [3.63, 3.8) is 0 Å². The summed E-state index contributed by atoms with van der Waals surface area (Å²) in [6, 6.07) is 6.25. The molecular weight excluding hydrogens is 298 g/mol. The van der Waals surface area contributed by atoms with Gasteiger partial charge in [-0.05, 0) is 31.0 Å². The first-order chi connectivity index (χ1) is 10.6. The van der Waals surface area contributed by atoms with Crippen molar-refractivity contribution in [3.05, 3.63) is 34.7 Å². The summed E-state index contributed by atoms with van der Waals surface area (Å²) in [6.07, 6.45) is 0. The molecule has 2 rings (SSSR count). The van der Waals surface area contributed by atoms with Crippen molar-refractivity contribution in [3.8, 4) is 11.3 Å². The number of nitrogens with one attached hydrogen (secondary N) is 2. The number of aromatic nitrogens is 1. The zero-order valence-corrected chi connectivity index (χ0v) is 13.9. The van der Waals surface area contributed by atoms with Crippen molar-refractivity contribution in [1.29, 1.82) is 0 Å². The average molecular weight is 319 g/mol. The number of nitrogens with zero attached hydrogens (tertiary/aromatic N) is 1. The lowest BCUT2D eigenvalue weighted by molar-refractivity contribution is -0.115. The zero-order valence-electron chi connectivity index (χ0n) is 13.1. The SMILES string of the molecule is COCCNCC(=O)Nc1nc(-c2ccc(C)c(C)c2)cs1. The van der Waals surface area contributed by atoms with Crippen LogP contribution in [0.2, 0.25) is 0 Å². The van der Waals surface area contributed by atoms with E-state index in [-0.39, 0.29) is 12.5 Å². The minimum atomic E-state index is -0.0999. The molecule has 5 nitrogen and oxygen atoms in total. The molecule has 6 heteroatoms. The summed E-state index contributed by atoms with van der Waals surface area (Å²) in [5.41, 5.74) is 4.45. The largest absolute Gasteiger partial charge is 0.383 e. The number of carbonyl (C=O) groups excluding carboxylic acids is 1. The maximum absolute atomic E-state index is 11.8. The predicted octanol–water partition coefficient (Wildman–Crippen LogP) is 2.60. The highest BCUT2D eigenvalue weighted by atomic mass is 32.1. The minimum absolute atomic E-state index is 0.0999. The molecule has 0 spiro atoms. The minimum Gasteiger partial charge on any atom is -0.383 e. The molecule has 2 aromatic rings. The number of ether oxygens (including phenoxy) is 1. The molecule has 0 atom stereocenters. The number of methoxy groups -OCH3 is 1. The molecule has 0 bridgehead atoms. The van der Waals surface area contributed by atoms with Crippen molar-refractivity contribution in [1.82, 2.24) is 10.3 Å². The van der Waals surface area contributed by atoms with Gasteiger partial charge in [-0.1, -0.05) is 12.1 Å². The van der Waals surface area contributed by atoms with Gasteiger partial charge >= 0.3 is 0 Å². The van der Waals surface area contributed by atoms with Crippen LogP contribution in [0.4, 0.5) is 5.13 Å². The fourth-order valence-electron chi connectivity index (χ4n) is 1.90. The molecule has 1 amide bonds. The summed E-state index contributed by atoms with van der Waals surface area (Å²) in [6.45, 7) is 5.65. The van der Waals surface area contributed by atoms with E-state index in [0.717, 1.165) is 11.3 Å². The molecule has 0 aliphatic heterocycles. The van der Waals surface area contributed by atoms with E-state index in [1.54, 1.807) is 7.11 Å². The van der Waals surface area contributed by atoms with E-state index in [1.165, 1.54) is 22.5 Å². The average Bonchev–Trinajstić information content (AvgIpc) is 2.95. The van der Waals surface area contributed by atoms with Crippen LogP contribution in [0.25, 0.3) is 11.3 Å². The van der Waals surface area contributed by atoms with Gasteiger partial charge in [0.2, 0.25) is 5.91 Å². The second-order valence-corrected chi connectivity index (χ2v) is 5.91. The molecule has 0 unspecified atom stereocenters. The van der Waals surface area contributed by atoms with E-state index in [9.17, 15) is 4.79 Å². The molecule has 0 aliphatic rings. The van der Waals surface area contributed by atoms with Gasteiger partial charge in [-0.25, -0.2) is 4.98 Å². The molecule has 0 fully saturated rings. The summed E-state index contributed by atoms with van der Waals surface area (Å²) < 4.78 is 4.91. The van der Waals surface area contributed by atoms with Gasteiger partial charge in [0.1, 0.15) is 0 Å². The van der Waals surface area contributed by atoms with Crippen LogP contribution in [-0.4, -0.2) is 37.7 Å². The maximum Gasteiger partial charge on any atom is 0.240 e. The summed E-state index contributed by atoms with van der Waals surface area (Å²) >= 11 is 1.43. The second-order valence-electron chi connectivity index (χ2n) is 5.05. The zero-order chi connectivity index (χ0) is 15.9. The molecule has 0 radical (unpaired) electrons. The van der Waals surface area contributed by atoms with Crippen LogP contribution >= 0.6 is 11.3 Å². The lowest BCUT2D eigenvalue weighted by Crippen LogP contribution is -2.30. The normalized spacial score (nSPS) is 10.7. The monoisotopic (exact) mass is 319 g/mol. The third-order valence-electron chi connectivity index (χ3n) is 3.32. The summed E-state index contributed by atoms with van der Waals surface area (Å²) in [7, 11) is 1.63. The van der Waals surface area contributed by atoms with Crippen LogP contribution in [0.1, 0.15) is 11.1 Å². The molecule has 118 valence electrons. The van der Waals surface area contributed by atoms with E-state index in [4.69, 9.17) is 4.74 Å². The van der Waals surface area contributed by atoms with Crippen LogP contribution in [0.5, 0.6) is 0 Å².